The molecule has 3 atom stereocenters. The predicted octanol–water partition coefficient (Wildman–Crippen LogP) is -0.107. The Morgan fingerprint density at radius 2 is 2.55 bits per heavy atom. The smallest absolute Gasteiger partial charge is 0.224 e. The van der Waals surface area contributed by atoms with Crippen molar-refractivity contribution in [1.29, 1.82) is 0 Å². The van der Waals surface area contributed by atoms with Gasteiger partial charge in [0.15, 0.2) is 0 Å². The molecule has 0 radical (unpaired) electrons. The van der Waals surface area contributed by atoms with Gasteiger partial charge in [-0.25, -0.2) is 0 Å². The van der Waals surface area contributed by atoms with E-state index in [2.05, 4.69) is 12.2 Å². The fourth-order valence-electron chi connectivity index (χ4n) is 2.34. The number of rotatable bonds is 2. The average molecular weight is 155 g/mol. The van der Waals surface area contributed by atoms with E-state index in [-0.39, 0.29) is 29.9 Å². The lowest BCUT2D eigenvalue weighted by atomic mass is 9.94. The van der Waals surface area contributed by atoms with Crippen molar-refractivity contribution >= 4 is 5.91 Å². The summed E-state index contributed by atoms with van der Waals surface area (Å²) in [5.74, 6) is 0.357. The Labute approximate surface area is 65.8 Å². The van der Waals surface area contributed by atoms with E-state index in [4.69, 9.17) is 5.11 Å². The number of carbonyl (C=O) groups is 1. The van der Waals surface area contributed by atoms with Crippen LogP contribution in [0.1, 0.15) is 19.8 Å². The van der Waals surface area contributed by atoms with Crippen LogP contribution in [-0.2, 0) is 4.79 Å². The Morgan fingerprint density at radius 1 is 1.82 bits per heavy atom. The fraction of sp³-hybridized carbons (Fsp3) is 0.875. The van der Waals surface area contributed by atoms with E-state index >= 15 is 0 Å². The number of piperidine rings is 1. The van der Waals surface area contributed by atoms with Crippen molar-refractivity contribution in [1.82, 2.24) is 5.32 Å². The summed E-state index contributed by atoms with van der Waals surface area (Å²) in [5, 5.41) is 11.8. The van der Waals surface area contributed by atoms with Gasteiger partial charge in [0.25, 0.3) is 0 Å². The van der Waals surface area contributed by atoms with Crippen LogP contribution in [0.15, 0.2) is 0 Å². The second-order valence-electron chi connectivity index (χ2n) is 3.59. The van der Waals surface area contributed by atoms with Crippen LogP contribution < -0.4 is 5.32 Å². The number of fused-ring (bicyclic) bond motifs is 1. The van der Waals surface area contributed by atoms with Gasteiger partial charge in [0.2, 0.25) is 5.91 Å². The molecule has 1 saturated heterocycles. The molecule has 11 heavy (non-hydrogen) atoms. The lowest BCUT2D eigenvalue weighted by Gasteiger charge is -2.18. The number of aliphatic hydroxyl groups excluding tert-OH is 1. The zero-order chi connectivity index (χ0) is 8.06. The lowest BCUT2D eigenvalue weighted by molar-refractivity contribution is -0.121. The van der Waals surface area contributed by atoms with E-state index in [9.17, 15) is 4.79 Å². The minimum absolute atomic E-state index is 0.0324. The van der Waals surface area contributed by atoms with Crippen LogP contribution in [0.2, 0.25) is 0 Å². The number of hydrogen-bond acceptors (Lipinski definition) is 2. The maximum absolute atomic E-state index is 11.1. The quantitative estimate of drug-likeness (QED) is 0.584. The molecule has 0 aromatic heterocycles. The van der Waals surface area contributed by atoms with E-state index in [1.807, 2.05) is 0 Å². The highest BCUT2D eigenvalue weighted by molar-refractivity contribution is 5.86. The maximum atomic E-state index is 11.1. The largest absolute Gasteiger partial charge is 0.394 e. The highest BCUT2D eigenvalue weighted by Gasteiger charge is 2.66. The Morgan fingerprint density at radius 3 is 2.91 bits per heavy atom. The van der Waals surface area contributed by atoms with Crippen molar-refractivity contribution < 1.29 is 9.90 Å². The molecule has 0 aromatic carbocycles. The number of aliphatic hydroxyl groups is 1. The summed E-state index contributed by atoms with van der Waals surface area (Å²) < 4.78 is 0. The van der Waals surface area contributed by atoms with Gasteiger partial charge in [0.1, 0.15) is 0 Å². The molecule has 2 rings (SSSR count). The van der Waals surface area contributed by atoms with E-state index in [1.165, 1.54) is 0 Å². The van der Waals surface area contributed by atoms with Gasteiger partial charge in [-0.1, -0.05) is 6.92 Å². The molecule has 1 aliphatic heterocycles. The van der Waals surface area contributed by atoms with Crippen molar-refractivity contribution in [3.63, 3.8) is 0 Å². The standard InChI is InChI=1S/C8H13NO2/c1-2-8-3-5(8)7(11)9-6(8)4-10/h5-6,10H,2-4H2,1H3,(H,9,11). The Bertz CT molecular complexity index is 204. The fourth-order valence-corrected chi connectivity index (χ4v) is 2.34. The van der Waals surface area contributed by atoms with Gasteiger partial charge in [-0.3, -0.25) is 4.79 Å². The molecule has 0 bridgehead atoms. The van der Waals surface area contributed by atoms with E-state index < -0.39 is 0 Å². The number of amides is 1. The molecule has 1 aliphatic carbocycles. The summed E-state index contributed by atoms with van der Waals surface area (Å²) >= 11 is 0. The zero-order valence-corrected chi connectivity index (χ0v) is 6.63. The highest BCUT2D eigenvalue weighted by Crippen LogP contribution is 2.60. The van der Waals surface area contributed by atoms with Crippen molar-refractivity contribution in [3.8, 4) is 0 Å². The Kier molecular flexibility index (Phi) is 1.27. The van der Waals surface area contributed by atoms with Gasteiger partial charge >= 0.3 is 0 Å². The summed E-state index contributed by atoms with van der Waals surface area (Å²) in [6.07, 6.45) is 1.99. The minimum Gasteiger partial charge on any atom is -0.394 e. The maximum Gasteiger partial charge on any atom is 0.224 e. The zero-order valence-electron chi connectivity index (χ0n) is 6.63. The highest BCUT2D eigenvalue weighted by atomic mass is 16.3. The molecule has 3 nitrogen and oxygen atoms in total. The van der Waals surface area contributed by atoms with Crippen LogP contribution in [0.25, 0.3) is 0 Å². The van der Waals surface area contributed by atoms with Crippen LogP contribution in [0.4, 0.5) is 0 Å². The molecule has 1 saturated carbocycles. The van der Waals surface area contributed by atoms with Crippen molar-refractivity contribution in [3.05, 3.63) is 0 Å². The third kappa shape index (κ3) is 0.692. The first kappa shape index (κ1) is 7.10. The molecular formula is C8H13NO2. The van der Waals surface area contributed by atoms with Crippen molar-refractivity contribution in [2.75, 3.05) is 6.61 Å². The second-order valence-corrected chi connectivity index (χ2v) is 3.59. The van der Waals surface area contributed by atoms with Crippen LogP contribution in [-0.4, -0.2) is 23.7 Å². The number of carbonyl (C=O) groups excluding carboxylic acids is 1. The van der Waals surface area contributed by atoms with Crippen LogP contribution in [0.5, 0.6) is 0 Å². The summed E-state index contributed by atoms with van der Waals surface area (Å²) in [6, 6.07) is 0.0324. The third-order valence-corrected chi connectivity index (χ3v) is 3.29. The first-order valence-electron chi connectivity index (χ1n) is 4.16. The normalized spacial score (nSPS) is 46.9. The summed E-state index contributed by atoms with van der Waals surface area (Å²) in [7, 11) is 0. The van der Waals surface area contributed by atoms with E-state index in [0.29, 0.717) is 0 Å². The van der Waals surface area contributed by atoms with Gasteiger partial charge in [-0.15, -0.1) is 0 Å². The minimum atomic E-state index is 0.0324. The Hall–Kier alpha value is -0.570. The second kappa shape index (κ2) is 1.97. The first-order valence-corrected chi connectivity index (χ1v) is 4.16. The van der Waals surface area contributed by atoms with Gasteiger partial charge in [-0.2, -0.15) is 0 Å². The van der Waals surface area contributed by atoms with Crippen molar-refractivity contribution in [2.24, 2.45) is 11.3 Å². The van der Waals surface area contributed by atoms with Crippen LogP contribution >= 0.6 is 0 Å². The molecule has 2 aliphatic rings. The SMILES string of the molecule is CCC12CC1C(=O)NC2CO. The third-order valence-electron chi connectivity index (χ3n) is 3.29. The molecule has 2 fully saturated rings. The first-order chi connectivity index (χ1) is 5.24. The monoisotopic (exact) mass is 155 g/mol. The predicted molar refractivity (Wildman–Crippen MR) is 39.8 cm³/mol. The lowest BCUT2D eigenvalue weighted by Crippen LogP contribution is -2.37. The Balaban J connectivity index is 2.19. The van der Waals surface area contributed by atoms with Crippen LogP contribution in [0.3, 0.4) is 0 Å². The van der Waals surface area contributed by atoms with Crippen LogP contribution in [0, 0.1) is 11.3 Å². The van der Waals surface area contributed by atoms with Gasteiger partial charge < -0.3 is 10.4 Å². The number of nitrogens with one attached hydrogen (secondary N) is 1. The molecule has 1 heterocycles. The molecule has 0 aromatic rings. The molecular weight excluding hydrogens is 142 g/mol. The summed E-state index contributed by atoms with van der Waals surface area (Å²) in [5.41, 5.74) is 0.131. The molecule has 0 spiro atoms. The van der Waals surface area contributed by atoms with E-state index in [1.54, 1.807) is 0 Å². The topological polar surface area (TPSA) is 49.3 Å². The molecule has 62 valence electrons. The summed E-state index contributed by atoms with van der Waals surface area (Å²) in [6.45, 7) is 2.18. The van der Waals surface area contributed by atoms with E-state index in [0.717, 1.165) is 12.8 Å². The van der Waals surface area contributed by atoms with Gasteiger partial charge in [0, 0.05) is 11.3 Å². The van der Waals surface area contributed by atoms with Gasteiger partial charge in [-0.05, 0) is 12.8 Å². The molecule has 3 heteroatoms. The van der Waals surface area contributed by atoms with Crippen molar-refractivity contribution in [2.45, 2.75) is 25.8 Å². The van der Waals surface area contributed by atoms with Gasteiger partial charge in [0.05, 0.1) is 12.6 Å². The number of hydrogen-bond donors (Lipinski definition) is 2. The molecule has 2 N–H and O–H groups in total. The molecule has 3 unspecified atom stereocenters. The summed E-state index contributed by atoms with van der Waals surface area (Å²) in [4.78, 5) is 11.1. The molecule has 1 amide bonds. The average Bonchev–Trinajstić information content (AvgIpc) is 2.70.